The third-order valence-electron chi connectivity index (χ3n) is 0.591. The monoisotopic (exact) mass is 125 g/mol. The van der Waals surface area contributed by atoms with Gasteiger partial charge < -0.3 is 0 Å². The summed E-state index contributed by atoms with van der Waals surface area (Å²) in [5.74, 6) is 0. The molecule has 0 nitrogen and oxygen atoms in total. The Hall–Kier alpha value is 0.0769. The molecule has 3 heteroatoms. The molecular weight excluding hydrogens is 114 g/mol. The van der Waals surface area contributed by atoms with Gasteiger partial charge in [0, 0.05) is 1.37 Å². The van der Waals surface area contributed by atoms with E-state index in [1.165, 1.54) is 13.1 Å². The molecule has 0 heterocycles. The van der Waals surface area contributed by atoms with Crippen molar-refractivity contribution in [1.82, 2.24) is 0 Å². The van der Waals surface area contributed by atoms with Gasteiger partial charge in [-0.05, 0) is 0 Å². The van der Waals surface area contributed by atoms with Crippen LogP contribution in [0, 0.1) is 0 Å². The van der Waals surface area contributed by atoms with E-state index in [1.807, 2.05) is 0 Å². The lowest BCUT2D eigenvalue weighted by Gasteiger charge is -2.11. The molecule has 0 N–H and O–H groups in total. The molecule has 0 aromatic rings. The summed E-state index contributed by atoms with van der Waals surface area (Å²) in [4.78, 5) is 0. The van der Waals surface area contributed by atoms with E-state index in [0.29, 0.717) is 0 Å². The predicted octanol–water partition coefficient (Wildman–Crippen LogP) is 2.13. The first-order valence-corrected chi connectivity index (χ1v) is 5.36. The number of hydrogen-bond acceptors (Lipinski definition) is 0. The fourth-order valence-electron chi connectivity index (χ4n) is 0. The van der Waals surface area contributed by atoms with Crippen LogP contribution in [0.4, 0.5) is 8.78 Å². The lowest BCUT2D eigenvalue weighted by atomic mass is 11.6. The van der Waals surface area contributed by atoms with Crippen LogP contribution in [0.3, 0.4) is 0 Å². The molecule has 0 saturated carbocycles. The third-order valence-corrected chi connectivity index (χ3v) is 1.77. The van der Waals surface area contributed by atoms with E-state index in [2.05, 4.69) is 0 Å². The molecule has 0 aromatic heterocycles. The zero-order valence-electron chi connectivity index (χ0n) is 5.54. The van der Waals surface area contributed by atoms with E-state index in [0.717, 1.165) is 0 Å². The van der Waals surface area contributed by atoms with E-state index in [-0.39, 0.29) is 6.52 Å². The molecule has 0 rings (SSSR count). The summed E-state index contributed by atoms with van der Waals surface area (Å²) < 4.78 is 30.2. The van der Waals surface area contributed by atoms with Crippen molar-refractivity contribution in [2.45, 2.75) is 25.7 Å². The largest absolute Gasteiger partial charge is 0.220 e. The maximum atomic E-state index is 11.8. The Morgan fingerprint density at radius 2 is 2.00 bits per heavy atom. The number of hydrogen-bond donors (Lipinski definition) is 0. The van der Waals surface area contributed by atoms with E-state index >= 15 is 0 Å². The molecule has 0 aliphatic rings. The lowest BCUT2D eigenvalue weighted by molar-refractivity contribution is 0.228. The predicted molar refractivity (Wildman–Crippen MR) is 29.3 cm³/mol. The maximum Gasteiger partial charge on any atom is 0.220 e. The van der Waals surface area contributed by atoms with Crippen molar-refractivity contribution in [3.8, 4) is 0 Å². The molecule has 0 aromatic carbocycles. The minimum Gasteiger partial charge on any atom is -0.216 e. The molecule has 0 atom stereocenters. The Bertz CT molecular complexity index is 74.4. The fourth-order valence-corrected chi connectivity index (χ4v) is 0. The van der Waals surface area contributed by atoms with Gasteiger partial charge in [-0.25, -0.2) is 8.78 Å². The van der Waals surface area contributed by atoms with E-state index in [9.17, 15) is 8.78 Å². The molecule has 0 bridgehead atoms. The van der Waals surface area contributed by atoms with Crippen LogP contribution >= 0.6 is 0 Å². The van der Waals surface area contributed by atoms with Crippen LogP contribution in [0.5, 0.6) is 0 Å². The first-order valence-electron chi connectivity index (χ1n) is 2.79. The van der Waals surface area contributed by atoms with Gasteiger partial charge in [0.15, 0.2) is 0 Å². The van der Waals surface area contributed by atoms with E-state index in [4.69, 9.17) is 1.37 Å². The molecule has 0 amide bonds. The summed E-state index contributed by atoms with van der Waals surface area (Å²) in [5.41, 5.74) is 0. The minimum absolute atomic E-state index is 0.0787. The minimum atomic E-state index is -2.42. The summed E-state index contributed by atoms with van der Waals surface area (Å²) in [5, 5.41) is 0. The van der Waals surface area contributed by atoms with Crippen LogP contribution < -0.4 is 0 Å². The standard InChI is InChI=1S/C4H10F2Si/c1-7(2,3)4(5)6/h4H,1-3H3/i1D. The van der Waals surface area contributed by atoms with Crippen LogP contribution in [-0.2, 0) is 0 Å². The summed E-state index contributed by atoms with van der Waals surface area (Å²) >= 11 is 0. The van der Waals surface area contributed by atoms with Gasteiger partial charge in [-0.15, -0.1) is 0 Å². The Kier molecular flexibility index (Phi) is 1.42. The first-order chi connectivity index (χ1) is 3.50. The summed E-state index contributed by atoms with van der Waals surface area (Å²) in [6.45, 7) is 2.96. The average Bonchev–Trinajstić information content (AvgIpc) is 1.67. The lowest BCUT2D eigenvalue weighted by Crippen LogP contribution is -2.30. The number of rotatable bonds is 1. The first kappa shape index (κ1) is 5.22. The van der Waals surface area contributed by atoms with Crippen LogP contribution in [0.25, 0.3) is 0 Å². The van der Waals surface area contributed by atoms with Crippen LogP contribution in [-0.4, -0.2) is 14.1 Å². The van der Waals surface area contributed by atoms with Gasteiger partial charge in [-0.3, -0.25) is 0 Å². The summed E-state index contributed by atoms with van der Waals surface area (Å²) in [6.07, 6.45) is 0. The molecule has 0 saturated heterocycles. The molecule has 0 fully saturated rings. The molecule has 0 unspecified atom stereocenters. The van der Waals surface area contributed by atoms with E-state index in [1.54, 1.807) is 0 Å². The number of halogens is 2. The van der Waals surface area contributed by atoms with Crippen molar-refractivity contribution in [2.24, 2.45) is 0 Å². The van der Waals surface area contributed by atoms with Gasteiger partial charge >= 0.3 is 0 Å². The molecule has 0 aliphatic carbocycles. The molecule has 0 spiro atoms. The SMILES string of the molecule is [2H]C[Si](C)(C)C(F)F. The topological polar surface area (TPSA) is 0 Å². The molecule has 0 radical (unpaired) electrons. The second-order valence-electron chi connectivity index (χ2n) is 2.29. The van der Waals surface area contributed by atoms with E-state index < -0.39 is 14.1 Å². The van der Waals surface area contributed by atoms with Gasteiger partial charge in [-0.1, -0.05) is 19.6 Å². The highest BCUT2D eigenvalue weighted by molar-refractivity contribution is 6.76. The van der Waals surface area contributed by atoms with Crippen molar-refractivity contribution in [3.63, 3.8) is 0 Å². The zero-order valence-corrected chi connectivity index (χ0v) is 5.54. The zero-order chi connectivity index (χ0) is 6.78. The highest BCUT2D eigenvalue weighted by Crippen LogP contribution is 2.11. The second kappa shape index (κ2) is 1.90. The van der Waals surface area contributed by atoms with Gasteiger partial charge in [-0.2, -0.15) is 0 Å². The third kappa shape index (κ3) is 2.74. The van der Waals surface area contributed by atoms with Gasteiger partial charge in [0.2, 0.25) is 6.05 Å². The van der Waals surface area contributed by atoms with Crippen LogP contribution in [0.15, 0.2) is 0 Å². The Balaban J connectivity index is 3.71. The maximum absolute atomic E-state index is 11.8. The molecule has 44 valence electrons. The Labute approximate surface area is 45.0 Å². The van der Waals surface area contributed by atoms with Crippen molar-refractivity contribution >= 4 is 8.07 Å². The molecule has 0 aliphatic heterocycles. The van der Waals surface area contributed by atoms with Crippen LogP contribution in [0.1, 0.15) is 1.37 Å². The van der Waals surface area contributed by atoms with Crippen molar-refractivity contribution in [1.29, 1.82) is 0 Å². The average molecular weight is 125 g/mol. The van der Waals surface area contributed by atoms with Crippen molar-refractivity contribution in [3.05, 3.63) is 0 Å². The van der Waals surface area contributed by atoms with Gasteiger partial charge in [0.05, 0.1) is 0 Å². The van der Waals surface area contributed by atoms with Crippen LogP contribution in [0.2, 0.25) is 19.6 Å². The highest BCUT2D eigenvalue weighted by Gasteiger charge is 2.25. The van der Waals surface area contributed by atoms with Crippen molar-refractivity contribution < 1.29 is 10.2 Å². The Morgan fingerprint density at radius 1 is 1.57 bits per heavy atom. The summed E-state index contributed by atoms with van der Waals surface area (Å²) in [6, 6.07) is -2.24. The van der Waals surface area contributed by atoms with Crippen molar-refractivity contribution in [2.75, 3.05) is 0 Å². The molecular formula is C4H10F2Si. The fraction of sp³-hybridized carbons (Fsp3) is 1.00. The normalized spacial score (nSPS) is 14.7. The molecule has 7 heavy (non-hydrogen) atoms. The summed E-state index contributed by atoms with van der Waals surface area (Å²) in [7, 11) is -2.42. The van der Waals surface area contributed by atoms with Gasteiger partial charge in [0.1, 0.15) is 8.07 Å². The highest BCUT2D eigenvalue weighted by atomic mass is 28.3. The quantitative estimate of drug-likeness (QED) is 0.471. The Morgan fingerprint density at radius 3 is 2.00 bits per heavy atom. The number of alkyl halides is 2. The van der Waals surface area contributed by atoms with Gasteiger partial charge in [0.25, 0.3) is 0 Å². The smallest absolute Gasteiger partial charge is 0.216 e. The second-order valence-corrected chi connectivity index (χ2v) is 6.70.